The highest BCUT2D eigenvalue weighted by molar-refractivity contribution is 7.99. The van der Waals surface area contributed by atoms with Crippen molar-refractivity contribution in [1.29, 1.82) is 0 Å². The van der Waals surface area contributed by atoms with Crippen LogP contribution in [-0.4, -0.2) is 36.7 Å². The first-order valence-corrected chi connectivity index (χ1v) is 10.7. The molecule has 2 aromatic carbocycles. The van der Waals surface area contributed by atoms with E-state index in [9.17, 15) is 14.4 Å². The molecule has 0 aliphatic carbocycles. The van der Waals surface area contributed by atoms with Crippen molar-refractivity contribution in [3.63, 3.8) is 0 Å². The SMILES string of the molecule is CCCn1c(=O)c2ccccc2n2c(SCC(=O)Nc3ccc(C(N)=O)cc3)nnc12. The number of amides is 2. The van der Waals surface area contributed by atoms with Gasteiger partial charge in [-0.05, 0) is 42.8 Å². The number of hydrogen-bond acceptors (Lipinski definition) is 6. The van der Waals surface area contributed by atoms with Gasteiger partial charge in [-0.25, -0.2) is 0 Å². The van der Waals surface area contributed by atoms with E-state index >= 15 is 0 Å². The number of para-hydroxylation sites is 1. The van der Waals surface area contributed by atoms with E-state index in [1.165, 1.54) is 11.8 Å². The Balaban J connectivity index is 1.59. The zero-order chi connectivity index (χ0) is 22.0. The molecule has 0 spiro atoms. The van der Waals surface area contributed by atoms with E-state index in [0.717, 1.165) is 6.42 Å². The van der Waals surface area contributed by atoms with E-state index in [1.807, 2.05) is 29.5 Å². The summed E-state index contributed by atoms with van der Waals surface area (Å²) in [4.78, 5) is 36.4. The largest absolute Gasteiger partial charge is 0.366 e. The second-order valence-electron chi connectivity index (χ2n) is 6.87. The Kier molecular flexibility index (Phi) is 5.72. The lowest BCUT2D eigenvalue weighted by Gasteiger charge is -2.10. The Morgan fingerprint density at radius 3 is 2.55 bits per heavy atom. The zero-order valence-corrected chi connectivity index (χ0v) is 17.6. The van der Waals surface area contributed by atoms with E-state index in [4.69, 9.17) is 5.73 Å². The van der Waals surface area contributed by atoms with Gasteiger partial charge in [0.1, 0.15) is 0 Å². The van der Waals surface area contributed by atoms with Gasteiger partial charge >= 0.3 is 0 Å². The molecule has 0 atom stereocenters. The molecule has 31 heavy (non-hydrogen) atoms. The first kappa shape index (κ1) is 20.6. The Hall–Kier alpha value is -3.66. The van der Waals surface area contributed by atoms with Gasteiger partial charge in [-0.15, -0.1) is 10.2 Å². The summed E-state index contributed by atoms with van der Waals surface area (Å²) in [5, 5.41) is 12.3. The Labute approximate surface area is 181 Å². The fraction of sp³-hybridized carbons (Fsp3) is 0.190. The molecule has 0 bridgehead atoms. The quantitative estimate of drug-likeness (QED) is 0.428. The molecule has 0 radical (unpaired) electrons. The number of carbonyl (C=O) groups excluding carboxylic acids is 2. The van der Waals surface area contributed by atoms with Crippen molar-refractivity contribution in [2.45, 2.75) is 25.0 Å². The van der Waals surface area contributed by atoms with E-state index in [2.05, 4.69) is 15.5 Å². The molecule has 2 aromatic heterocycles. The summed E-state index contributed by atoms with van der Waals surface area (Å²) in [6.07, 6.45) is 0.778. The number of aryl methyl sites for hydroxylation is 1. The third-order valence-electron chi connectivity index (χ3n) is 4.71. The molecule has 0 fully saturated rings. The Bertz CT molecular complexity index is 1340. The topological polar surface area (TPSA) is 124 Å². The number of benzene rings is 2. The number of aromatic nitrogens is 4. The van der Waals surface area contributed by atoms with E-state index in [1.54, 1.807) is 34.9 Å². The van der Waals surface area contributed by atoms with Gasteiger partial charge in [0.2, 0.25) is 17.6 Å². The number of primary amides is 1. The zero-order valence-electron chi connectivity index (χ0n) is 16.7. The molecule has 2 amide bonds. The van der Waals surface area contributed by atoms with Crippen LogP contribution < -0.4 is 16.6 Å². The molecule has 10 heteroatoms. The van der Waals surface area contributed by atoms with Crippen molar-refractivity contribution >= 4 is 45.9 Å². The van der Waals surface area contributed by atoms with Crippen molar-refractivity contribution in [2.24, 2.45) is 5.73 Å². The normalized spacial score (nSPS) is 11.1. The summed E-state index contributed by atoms with van der Waals surface area (Å²) >= 11 is 1.23. The van der Waals surface area contributed by atoms with Crippen LogP contribution in [-0.2, 0) is 11.3 Å². The van der Waals surface area contributed by atoms with Crippen LogP contribution in [0.15, 0.2) is 58.5 Å². The van der Waals surface area contributed by atoms with Crippen molar-refractivity contribution in [3.05, 3.63) is 64.4 Å². The molecule has 0 aliphatic heterocycles. The molecule has 158 valence electrons. The number of nitrogens with one attached hydrogen (secondary N) is 1. The van der Waals surface area contributed by atoms with Crippen LogP contribution in [0.4, 0.5) is 5.69 Å². The molecule has 0 saturated heterocycles. The number of fused-ring (bicyclic) bond motifs is 3. The third-order valence-corrected chi connectivity index (χ3v) is 5.64. The maximum Gasteiger partial charge on any atom is 0.262 e. The summed E-state index contributed by atoms with van der Waals surface area (Å²) < 4.78 is 3.42. The Morgan fingerprint density at radius 1 is 1.10 bits per heavy atom. The van der Waals surface area contributed by atoms with Gasteiger partial charge in [0, 0.05) is 17.8 Å². The predicted octanol–water partition coefficient (Wildman–Crippen LogP) is 2.28. The highest BCUT2D eigenvalue weighted by atomic mass is 32.2. The maximum absolute atomic E-state index is 12.9. The highest BCUT2D eigenvalue weighted by Gasteiger charge is 2.17. The van der Waals surface area contributed by atoms with Crippen LogP contribution in [0.25, 0.3) is 16.7 Å². The molecule has 0 aliphatic rings. The Morgan fingerprint density at radius 2 is 1.84 bits per heavy atom. The van der Waals surface area contributed by atoms with Gasteiger partial charge in [0.15, 0.2) is 5.16 Å². The lowest BCUT2D eigenvalue weighted by molar-refractivity contribution is -0.113. The van der Waals surface area contributed by atoms with Crippen molar-refractivity contribution < 1.29 is 9.59 Å². The molecule has 0 saturated carbocycles. The van der Waals surface area contributed by atoms with Gasteiger partial charge in [-0.2, -0.15) is 0 Å². The number of carbonyl (C=O) groups is 2. The number of rotatable bonds is 7. The molecule has 0 unspecified atom stereocenters. The van der Waals surface area contributed by atoms with Gasteiger partial charge < -0.3 is 11.1 Å². The minimum absolute atomic E-state index is 0.0968. The van der Waals surface area contributed by atoms with Gasteiger partial charge in [-0.3, -0.25) is 23.4 Å². The first-order valence-electron chi connectivity index (χ1n) is 9.68. The number of hydrogen-bond donors (Lipinski definition) is 2. The first-order chi connectivity index (χ1) is 15.0. The van der Waals surface area contributed by atoms with Crippen LogP contribution in [0.1, 0.15) is 23.7 Å². The second kappa shape index (κ2) is 8.60. The maximum atomic E-state index is 12.9. The van der Waals surface area contributed by atoms with Crippen LogP contribution >= 0.6 is 11.8 Å². The number of nitrogens with two attached hydrogens (primary N) is 1. The third kappa shape index (κ3) is 4.02. The fourth-order valence-corrected chi connectivity index (χ4v) is 4.04. The molecule has 2 heterocycles. The number of nitrogens with zero attached hydrogens (tertiary/aromatic N) is 4. The van der Waals surface area contributed by atoms with Crippen molar-refractivity contribution in [1.82, 2.24) is 19.2 Å². The summed E-state index contributed by atoms with van der Waals surface area (Å²) in [5.74, 6) is -0.212. The van der Waals surface area contributed by atoms with Crippen LogP contribution in [0.3, 0.4) is 0 Å². The summed E-state index contributed by atoms with van der Waals surface area (Å²) in [7, 11) is 0. The van der Waals surface area contributed by atoms with E-state index in [-0.39, 0.29) is 17.2 Å². The van der Waals surface area contributed by atoms with Gasteiger partial charge in [0.05, 0.1) is 16.7 Å². The minimum atomic E-state index is -0.527. The average Bonchev–Trinajstić information content (AvgIpc) is 3.19. The van der Waals surface area contributed by atoms with Crippen molar-refractivity contribution in [2.75, 3.05) is 11.1 Å². The predicted molar refractivity (Wildman–Crippen MR) is 119 cm³/mol. The smallest absolute Gasteiger partial charge is 0.262 e. The van der Waals surface area contributed by atoms with E-state index in [0.29, 0.717) is 39.6 Å². The van der Waals surface area contributed by atoms with Gasteiger partial charge in [0.25, 0.3) is 5.56 Å². The highest BCUT2D eigenvalue weighted by Crippen LogP contribution is 2.22. The van der Waals surface area contributed by atoms with Crippen LogP contribution in [0, 0.1) is 0 Å². The summed E-state index contributed by atoms with van der Waals surface area (Å²) in [6.45, 7) is 2.52. The molecular weight excluding hydrogens is 416 g/mol. The lowest BCUT2D eigenvalue weighted by atomic mass is 10.2. The minimum Gasteiger partial charge on any atom is -0.366 e. The average molecular weight is 436 g/mol. The molecule has 3 N–H and O–H groups in total. The van der Waals surface area contributed by atoms with Crippen LogP contribution in [0.2, 0.25) is 0 Å². The fourth-order valence-electron chi connectivity index (χ4n) is 3.30. The molecule has 9 nitrogen and oxygen atoms in total. The molecule has 4 rings (SSSR count). The van der Waals surface area contributed by atoms with Crippen LogP contribution in [0.5, 0.6) is 0 Å². The van der Waals surface area contributed by atoms with Gasteiger partial charge in [-0.1, -0.05) is 30.8 Å². The van der Waals surface area contributed by atoms with Crippen molar-refractivity contribution in [3.8, 4) is 0 Å². The monoisotopic (exact) mass is 436 g/mol. The number of anilines is 1. The molecular formula is C21H20N6O3S. The number of thioether (sulfide) groups is 1. The summed E-state index contributed by atoms with van der Waals surface area (Å²) in [5.41, 5.74) is 6.75. The lowest BCUT2D eigenvalue weighted by Crippen LogP contribution is -2.23. The van der Waals surface area contributed by atoms with E-state index < -0.39 is 5.91 Å². The summed E-state index contributed by atoms with van der Waals surface area (Å²) in [6, 6.07) is 13.6. The molecule has 4 aromatic rings. The second-order valence-corrected chi connectivity index (χ2v) is 7.81. The standard InChI is InChI=1S/C21H20N6O3S/c1-2-11-26-19(30)15-5-3-4-6-16(15)27-20(26)24-25-21(27)31-12-17(28)23-14-9-7-13(8-10-14)18(22)29/h3-10H,2,11-12H2,1H3,(H2,22,29)(H,23,28).